The number of aromatic nitrogens is 2. The smallest absolute Gasteiger partial charge is 0.266 e. The quantitative estimate of drug-likeness (QED) is 0.493. The molecule has 6 heteroatoms. The molecule has 1 atom stereocenters. The number of carbonyl (C=O) groups excluding carboxylic acids is 1. The molecule has 0 aliphatic heterocycles. The fourth-order valence-electron chi connectivity index (χ4n) is 4.28. The molecule has 6 nitrogen and oxygen atoms in total. The van der Waals surface area contributed by atoms with Gasteiger partial charge in [0.15, 0.2) is 0 Å². The van der Waals surface area contributed by atoms with E-state index in [1.54, 1.807) is 17.7 Å². The molecule has 2 aromatic carbocycles. The molecule has 3 aromatic rings. The van der Waals surface area contributed by atoms with Crippen LogP contribution in [0.4, 0.5) is 0 Å². The minimum atomic E-state index is -0.349. The van der Waals surface area contributed by atoms with Crippen LogP contribution >= 0.6 is 0 Å². The Balaban J connectivity index is 1.84. The molecule has 1 heterocycles. The number of nitrogens with zero attached hydrogens (tertiary/aromatic N) is 3. The first-order chi connectivity index (χ1) is 15.5. The van der Waals surface area contributed by atoms with E-state index in [0.717, 1.165) is 36.9 Å². The van der Waals surface area contributed by atoms with Crippen molar-refractivity contribution in [2.45, 2.75) is 45.6 Å². The summed E-state index contributed by atoms with van der Waals surface area (Å²) in [7, 11) is 1.67. The van der Waals surface area contributed by atoms with E-state index in [0.29, 0.717) is 29.9 Å². The molecule has 0 radical (unpaired) electrons. The maximum Gasteiger partial charge on any atom is 0.266 e. The molecule has 0 saturated heterocycles. The van der Waals surface area contributed by atoms with Crippen molar-refractivity contribution in [3.05, 3.63) is 70.3 Å². The van der Waals surface area contributed by atoms with Crippen LogP contribution in [-0.4, -0.2) is 40.6 Å². The summed E-state index contributed by atoms with van der Waals surface area (Å²) in [6.45, 7) is 5.15. The summed E-state index contributed by atoms with van der Waals surface area (Å²) in [6, 6.07) is 14.9. The Labute approximate surface area is 188 Å². The normalized spacial score (nSPS) is 14.8. The van der Waals surface area contributed by atoms with Gasteiger partial charge in [-0.25, -0.2) is 4.98 Å². The summed E-state index contributed by atoms with van der Waals surface area (Å²) in [5.41, 5.74) is 2.41. The van der Waals surface area contributed by atoms with E-state index in [-0.39, 0.29) is 23.4 Å². The summed E-state index contributed by atoms with van der Waals surface area (Å²) in [5, 5.41) is 0.570. The molecule has 0 bridgehead atoms. The van der Waals surface area contributed by atoms with Gasteiger partial charge in [-0.05, 0) is 57.4 Å². The molecule has 168 valence electrons. The van der Waals surface area contributed by atoms with E-state index in [4.69, 9.17) is 9.72 Å². The number of hydrogen-bond donors (Lipinski definition) is 0. The summed E-state index contributed by atoms with van der Waals surface area (Å²) in [6.07, 6.45) is 3.70. The van der Waals surface area contributed by atoms with Crippen LogP contribution in [0.3, 0.4) is 0 Å². The van der Waals surface area contributed by atoms with Crippen molar-refractivity contribution < 1.29 is 9.53 Å². The highest BCUT2D eigenvalue weighted by atomic mass is 16.5. The molecule has 1 aliphatic rings. The lowest BCUT2D eigenvalue weighted by Gasteiger charge is -2.36. The number of benzene rings is 2. The van der Waals surface area contributed by atoms with Gasteiger partial charge >= 0.3 is 0 Å². The molecule has 0 N–H and O–H groups in total. The van der Waals surface area contributed by atoms with Gasteiger partial charge in [-0.15, -0.1) is 0 Å². The second-order valence-electron chi connectivity index (χ2n) is 8.65. The summed E-state index contributed by atoms with van der Waals surface area (Å²) in [5.74, 6) is 0.806. The van der Waals surface area contributed by atoms with Crippen LogP contribution in [0.2, 0.25) is 0 Å². The molecule has 1 aromatic heterocycles. The lowest BCUT2D eigenvalue weighted by Crippen LogP contribution is -2.43. The fraction of sp³-hybridized carbons (Fsp3) is 0.423. The first-order valence-corrected chi connectivity index (χ1v) is 11.4. The monoisotopic (exact) mass is 433 g/mol. The van der Waals surface area contributed by atoms with Crippen LogP contribution in [0.1, 0.15) is 50.0 Å². The van der Waals surface area contributed by atoms with Crippen LogP contribution in [0.5, 0.6) is 0 Å². The standard InChI is InChI=1S/C26H31N3O3/c1-18-12-14-21(15-13-18)29-24(27-23-11-5-4-10-22(23)26(29)31)19(2)28(16-7-17-32-3)25(30)20-8-6-9-20/h4-5,10-15,19-20H,6-9,16-17H2,1-3H3. The third-order valence-electron chi connectivity index (χ3n) is 6.42. The van der Waals surface area contributed by atoms with Crippen molar-refractivity contribution in [1.29, 1.82) is 0 Å². The van der Waals surface area contributed by atoms with Crippen LogP contribution < -0.4 is 5.56 Å². The van der Waals surface area contributed by atoms with Gasteiger partial charge in [0.25, 0.3) is 5.56 Å². The highest BCUT2D eigenvalue weighted by Crippen LogP contribution is 2.32. The first-order valence-electron chi connectivity index (χ1n) is 11.4. The Morgan fingerprint density at radius 2 is 1.91 bits per heavy atom. The second kappa shape index (κ2) is 9.65. The number of carbonyl (C=O) groups is 1. The lowest BCUT2D eigenvalue weighted by atomic mass is 9.84. The molecular formula is C26H31N3O3. The van der Waals surface area contributed by atoms with E-state index in [9.17, 15) is 9.59 Å². The minimum Gasteiger partial charge on any atom is -0.385 e. The highest BCUT2D eigenvalue weighted by Gasteiger charge is 2.33. The minimum absolute atomic E-state index is 0.0694. The molecule has 32 heavy (non-hydrogen) atoms. The fourth-order valence-corrected chi connectivity index (χ4v) is 4.28. The number of para-hydroxylation sites is 1. The largest absolute Gasteiger partial charge is 0.385 e. The van der Waals surface area contributed by atoms with E-state index >= 15 is 0 Å². The zero-order valence-electron chi connectivity index (χ0n) is 19.1. The number of amides is 1. The van der Waals surface area contributed by atoms with Gasteiger partial charge < -0.3 is 9.64 Å². The van der Waals surface area contributed by atoms with Crippen molar-refractivity contribution in [1.82, 2.24) is 14.5 Å². The van der Waals surface area contributed by atoms with Crippen molar-refractivity contribution in [2.24, 2.45) is 5.92 Å². The Kier molecular flexibility index (Phi) is 6.70. The Morgan fingerprint density at radius 1 is 1.19 bits per heavy atom. The van der Waals surface area contributed by atoms with Crippen molar-refractivity contribution in [2.75, 3.05) is 20.3 Å². The van der Waals surface area contributed by atoms with Gasteiger partial charge in [-0.2, -0.15) is 0 Å². The van der Waals surface area contributed by atoms with Crippen LogP contribution in [-0.2, 0) is 9.53 Å². The number of aryl methyl sites for hydroxylation is 1. The highest BCUT2D eigenvalue weighted by molar-refractivity contribution is 5.80. The number of rotatable bonds is 8. The Morgan fingerprint density at radius 3 is 2.56 bits per heavy atom. The van der Waals surface area contributed by atoms with Crippen molar-refractivity contribution in [3.8, 4) is 5.69 Å². The molecule has 4 rings (SSSR count). The SMILES string of the molecule is COCCCN(C(=O)C1CCC1)C(C)c1nc2ccccc2c(=O)n1-c1ccc(C)cc1. The van der Waals surface area contributed by atoms with Crippen LogP contribution in [0, 0.1) is 12.8 Å². The van der Waals surface area contributed by atoms with E-state index in [1.807, 2.05) is 61.2 Å². The average Bonchev–Trinajstić information content (AvgIpc) is 2.76. The maximum atomic E-state index is 13.6. The third kappa shape index (κ3) is 4.32. The molecule has 1 fully saturated rings. The van der Waals surface area contributed by atoms with Crippen LogP contribution in [0.15, 0.2) is 53.3 Å². The zero-order chi connectivity index (χ0) is 22.7. The molecule has 1 amide bonds. The predicted molar refractivity (Wildman–Crippen MR) is 126 cm³/mol. The third-order valence-corrected chi connectivity index (χ3v) is 6.42. The molecule has 1 aliphatic carbocycles. The molecule has 0 spiro atoms. The second-order valence-corrected chi connectivity index (χ2v) is 8.65. The molecule has 1 unspecified atom stereocenters. The summed E-state index contributed by atoms with van der Waals surface area (Å²) in [4.78, 5) is 33.7. The summed E-state index contributed by atoms with van der Waals surface area (Å²) >= 11 is 0. The van der Waals surface area contributed by atoms with E-state index in [1.165, 1.54) is 0 Å². The number of methoxy groups -OCH3 is 1. The maximum absolute atomic E-state index is 13.6. The van der Waals surface area contributed by atoms with Crippen LogP contribution in [0.25, 0.3) is 16.6 Å². The number of fused-ring (bicyclic) bond motifs is 1. The van der Waals surface area contributed by atoms with Gasteiger partial charge in [-0.1, -0.05) is 36.2 Å². The lowest BCUT2D eigenvalue weighted by molar-refractivity contribution is -0.140. The van der Waals surface area contributed by atoms with Gasteiger partial charge in [0, 0.05) is 26.2 Å². The predicted octanol–water partition coefficient (Wildman–Crippen LogP) is 4.42. The molecule has 1 saturated carbocycles. The van der Waals surface area contributed by atoms with Gasteiger partial charge in [0.05, 0.1) is 22.6 Å². The topological polar surface area (TPSA) is 64.4 Å². The van der Waals surface area contributed by atoms with Crippen molar-refractivity contribution >= 4 is 16.8 Å². The van der Waals surface area contributed by atoms with E-state index < -0.39 is 0 Å². The molecular weight excluding hydrogens is 402 g/mol. The zero-order valence-corrected chi connectivity index (χ0v) is 19.1. The Hall–Kier alpha value is -2.99. The average molecular weight is 434 g/mol. The van der Waals surface area contributed by atoms with E-state index in [2.05, 4.69) is 0 Å². The summed E-state index contributed by atoms with van der Waals surface area (Å²) < 4.78 is 6.90. The first kappa shape index (κ1) is 22.2. The number of ether oxygens (including phenoxy) is 1. The number of hydrogen-bond acceptors (Lipinski definition) is 4. The van der Waals surface area contributed by atoms with Gasteiger partial charge in [0.2, 0.25) is 5.91 Å². The van der Waals surface area contributed by atoms with Crippen molar-refractivity contribution in [3.63, 3.8) is 0 Å². The van der Waals surface area contributed by atoms with Gasteiger partial charge in [0.1, 0.15) is 5.82 Å². The van der Waals surface area contributed by atoms with Gasteiger partial charge in [-0.3, -0.25) is 14.2 Å². The Bertz CT molecular complexity index is 1150.